The van der Waals surface area contributed by atoms with E-state index in [9.17, 15) is 0 Å². The van der Waals surface area contributed by atoms with Crippen molar-refractivity contribution in [3.05, 3.63) is 54.6 Å². The van der Waals surface area contributed by atoms with Crippen LogP contribution in [0.4, 0.5) is 5.69 Å². The normalized spacial score (nSPS) is 18.8. The summed E-state index contributed by atoms with van der Waals surface area (Å²) in [5.74, 6) is 0. The Morgan fingerprint density at radius 1 is 0.912 bits per heavy atom. The van der Waals surface area contributed by atoms with Gasteiger partial charge in [-0.05, 0) is 55.6 Å². The number of likely N-dealkylation sites (N-methyl/N-ethyl adjacent to an activating group) is 1. The highest BCUT2D eigenvalue weighted by Gasteiger charge is 2.27. The highest BCUT2D eigenvalue weighted by Crippen LogP contribution is 2.31. The van der Waals surface area contributed by atoms with Gasteiger partial charge in [0.1, 0.15) is 0 Å². The van der Waals surface area contributed by atoms with Gasteiger partial charge in [-0.2, -0.15) is 5.10 Å². The number of aromatic nitrogens is 4. The van der Waals surface area contributed by atoms with Crippen molar-refractivity contribution in [3.63, 3.8) is 0 Å². The molecule has 2 aliphatic rings. The Morgan fingerprint density at radius 2 is 1.74 bits per heavy atom. The lowest BCUT2D eigenvalue weighted by Gasteiger charge is -2.42. The van der Waals surface area contributed by atoms with Crippen LogP contribution in [0.3, 0.4) is 0 Å². The molecule has 1 aromatic carbocycles. The second kappa shape index (κ2) is 8.96. The van der Waals surface area contributed by atoms with Crippen molar-refractivity contribution in [2.45, 2.75) is 32.2 Å². The lowest BCUT2D eigenvalue weighted by molar-refractivity contribution is 0.0982. The first-order chi connectivity index (χ1) is 16.7. The molecule has 4 aromatic rings. The third kappa shape index (κ3) is 3.93. The summed E-state index contributed by atoms with van der Waals surface area (Å²) in [7, 11) is 2.23. The van der Waals surface area contributed by atoms with Gasteiger partial charge in [0.25, 0.3) is 0 Å². The molecule has 3 aromatic heterocycles. The smallest absolute Gasteiger partial charge is 0.162 e. The summed E-state index contributed by atoms with van der Waals surface area (Å²) in [4.78, 5) is 17.0. The lowest BCUT2D eigenvalue weighted by atomic mass is 10.0. The molecule has 2 fully saturated rings. The first-order valence-corrected chi connectivity index (χ1v) is 12.6. The Morgan fingerprint density at radius 3 is 2.53 bits per heavy atom. The van der Waals surface area contributed by atoms with Gasteiger partial charge in [-0.3, -0.25) is 9.88 Å². The number of anilines is 1. The van der Waals surface area contributed by atoms with E-state index >= 15 is 0 Å². The monoisotopic (exact) mass is 455 g/mol. The van der Waals surface area contributed by atoms with Gasteiger partial charge in [0.15, 0.2) is 5.65 Å². The van der Waals surface area contributed by atoms with Crippen LogP contribution in [0.5, 0.6) is 0 Å². The zero-order valence-corrected chi connectivity index (χ0v) is 20.2. The van der Waals surface area contributed by atoms with Crippen LogP contribution in [0.2, 0.25) is 0 Å². The van der Waals surface area contributed by atoms with E-state index in [1.807, 2.05) is 23.1 Å². The SMILES string of the molecule is CCc1ccc2nccc(-c3cnn4cc(N5CCC(N6CCN(C)CC6)CC5)cnc34)c2c1. The predicted octanol–water partition coefficient (Wildman–Crippen LogP) is 3.72. The standard InChI is InChI=1S/C27H33N7/c1-3-20-4-5-26-24(16-20)23(6-9-28-26)25-18-30-34-19-22(17-29-27(25)34)32-10-7-21(8-11-32)33-14-12-31(2)13-15-33/h4-6,9,16-19,21H,3,7-8,10-15H2,1-2H3. The highest BCUT2D eigenvalue weighted by atomic mass is 15.3. The number of rotatable bonds is 4. The minimum atomic E-state index is 0.714. The van der Waals surface area contributed by atoms with E-state index in [1.165, 1.54) is 44.6 Å². The van der Waals surface area contributed by atoms with Crippen molar-refractivity contribution in [2.24, 2.45) is 0 Å². The van der Waals surface area contributed by atoms with E-state index in [0.29, 0.717) is 6.04 Å². The van der Waals surface area contributed by atoms with E-state index in [2.05, 4.69) is 69.2 Å². The van der Waals surface area contributed by atoms with E-state index in [0.717, 1.165) is 52.9 Å². The second-order valence-electron chi connectivity index (χ2n) is 9.76. The molecule has 0 amide bonds. The highest BCUT2D eigenvalue weighted by molar-refractivity contribution is 5.98. The third-order valence-electron chi connectivity index (χ3n) is 7.73. The summed E-state index contributed by atoms with van der Waals surface area (Å²) in [5, 5.41) is 5.85. The number of hydrogen-bond donors (Lipinski definition) is 0. The second-order valence-corrected chi connectivity index (χ2v) is 9.76. The van der Waals surface area contributed by atoms with Gasteiger partial charge in [0, 0.05) is 62.5 Å². The molecule has 34 heavy (non-hydrogen) atoms. The Bertz CT molecular complexity index is 1300. The molecule has 2 aliphatic heterocycles. The zero-order chi connectivity index (χ0) is 23.1. The average Bonchev–Trinajstić information content (AvgIpc) is 3.31. The Kier molecular flexibility index (Phi) is 5.67. The zero-order valence-electron chi connectivity index (χ0n) is 20.2. The molecule has 0 radical (unpaired) electrons. The quantitative estimate of drug-likeness (QED) is 0.468. The van der Waals surface area contributed by atoms with E-state index in [-0.39, 0.29) is 0 Å². The molecule has 0 atom stereocenters. The van der Waals surface area contributed by atoms with E-state index < -0.39 is 0 Å². The number of pyridine rings is 1. The van der Waals surface area contributed by atoms with Gasteiger partial charge >= 0.3 is 0 Å². The molecular formula is C27H33N7. The maximum atomic E-state index is 4.88. The van der Waals surface area contributed by atoms with Crippen LogP contribution in [-0.4, -0.2) is 81.7 Å². The lowest BCUT2D eigenvalue weighted by Crippen LogP contribution is -2.52. The summed E-state index contributed by atoms with van der Waals surface area (Å²) < 4.78 is 1.94. The van der Waals surface area contributed by atoms with Gasteiger partial charge in [-0.1, -0.05) is 13.0 Å². The molecule has 6 rings (SSSR count). The molecule has 7 heteroatoms. The number of hydrogen-bond acceptors (Lipinski definition) is 6. The van der Waals surface area contributed by atoms with Crippen molar-refractivity contribution < 1.29 is 0 Å². The molecule has 2 saturated heterocycles. The number of piperazine rings is 1. The minimum absolute atomic E-state index is 0.714. The molecule has 0 unspecified atom stereocenters. The van der Waals surface area contributed by atoms with Crippen molar-refractivity contribution in [2.75, 3.05) is 51.2 Å². The number of fused-ring (bicyclic) bond motifs is 2. The van der Waals surface area contributed by atoms with Gasteiger partial charge in [0.05, 0.1) is 29.8 Å². The number of aryl methyl sites for hydroxylation is 1. The van der Waals surface area contributed by atoms with Crippen LogP contribution in [0, 0.1) is 0 Å². The maximum Gasteiger partial charge on any atom is 0.162 e. The molecule has 0 spiro atoms. The van der Waals surface area contributed by atoms with Crippen molar-refractivity contribution in [3.8, 4) is 11.1 Å². The van der Waals surface area contributed by atoms with E-state index in [1.54, 1.807) is 0 Å². The first-order valence-electron chi connectivity index (χ1n) is 12.6. The molecule has 0 aliphatic carbocycles. The van der Waals surface area contributed by atoms with Gasteiger partial charge in [-0.15, -0.1) is 0 Å². The number of nitrogens with zero attached hydrogens (tertiary/aromatic N) is 7. The van der Waals surface area contributed by atoms with Gasteiger partial charge in [0.2, 0.25) is 0 Å². The molecule has 7 nitrogen and oxygen atoms in total. The van der Waals surface area contributed by atoms with Crippen LogP contribution in [-0.2, 0) is 6.42 Å². The van der Waals surface area contributed by atoms with Crippen molar-refractivity contribution in [1.29, 1.82) is 0 Å². The molecule has 5 heterocycles. The Balaban J connectivity index is 1.23. The van der Waals surface area contributed by atoms with Crippen LogP contribution in [0.15, 0.2) is 49.1 Å². The van der Waals surface area contributed by atoms with Crippen LogP contribution < -0.4 is 4.90 Å². The van der Waals surface area contributed by atoms with Crippen LogP contribution in [0.25, 0.3) is 27.7 Å². The number of benzene rings is 1. The minimum Gasteiger partial charge on any atom is -0.369 e. The predicted molar refractivity (Wildman–Crippen MR) is 137 cm³/mol. The van der Waals surface area contributed by atoms with Crippen LogP contribution in [0.1, 0.15) is 25.3 Å². The molecular weight excluding hydrogens is 422 g/mol. The van der Waals surface area contributed by atoms with E-state index in [4.69, 9.17) is 4.98 Å². The van der Waals surface area contributed by atoms with Crippen molar-refractivity contribution >= 4 is 22.2 Å². The topological polar surface area (TPSA) is 52.8 Å². The average molecular weight is 456 g/mol. The third-order valence-corrected chi connectivity index (χ3v) is 7.73. The van der Waals surface area contributed by atoms with Gasteiger partial charge < -0.3 is 9.80 Å². The van der Waals surface area contributed by atoms with Crippen LogP contribution >= 0.6 is 0 Å². The summed E-state index contributed by atoms with van der Waals surface area (Å²) in [6.45, 7) is 9.12. The molecule has 0 saturated carbocycles. The molecule has 0 N–H and O–H groups in total. The number of piperidine rings is 1. The summed E-state index contributed by atoms with van der Waals surface area (Å²) >= 11 is 0. The Hall–Kier alpha value is -3.03. The Labute approximate surface area is 201 Å². The fourth-order valence-corrected chi connectivity index (χ4v) is 5.54. The van der Waals surface area contributed by atoms with Crippen molar-refractivity contribution in [1.82, 2.24) is 29.4 Å². The van der Waals surface area contributed by atoms with Gasteiger partial charge in [-0.25, -0.2) is 9.50 Å². The fraction of sp³-hybridized carbons (Fsp3) is 0.444. The summed E-state index contributed by atoms with van der Waals surface area (Å²) in [6.07, 6.45) is 11.4. The fourth-order valence-electron chi connectivity index (χ4n) is 5.54. The largest absolute Gasteiger partial charge is 0.369 e. The molecule has 176 valence electrons. The summed E-state index contributed by atoms with van der Waals surface area (Å²) in [5.41, 5.74) is 6.57. The maximum absolute atomic E-state index is 4.88. The first kappa shape index (κ1) is 21.5. The molecule has 0 bridgehead atoms. The summed E-state index contributed by atoms with van der Waals surface area (Å²) in [6, 6.07) is 9.32.